The summed E-state index contributed by atoms with van der Waals surface area (Å²) in [4.78, 5) is 20.4. The topological polar surface area (TPSA) is 56.7 Å². The van der Waals surface area contributed by atoms with Gasteiger partial charge in [-0.2, -0.15) is 0 Å². The van der Waals surface area contributed by atoms with Crippen LogP contribution in [0.1, 0.15) is 22.0 Å². The van der Waals surface area contributed by atoms with Crippen LogP contribution in [0, 0.1) is 0 Å². The zero-order chi connectivity index (χ0) is 16.1. The van der Waals surface area contributed by atoms with Gasteiger partial charge in [-0.1, -0.05) is 30.3 Å². The van der Waals surface area contributed by atoms with Crippen molar-refractivity contribution in [2.75, 3.05) is 32.7 Å². The lowest BCUT2D eigenvalue weighted by Gasteiger charge is -2.35. The molecule has 2 heterocycles. The number of carbonyl (C=O) groups excluding carboxylic acids is 1. The number of aromatic nitrogens is 1. The third-order valence-electron chi connectivity index (χ3n) is 4.18. The first-order valence-corrected chi connectivity index (χ1v) is 7.89. The van der Waals surface area contributed by atoms with E-state index in [0.717, 1.165) is 18.7 Å². The fourth-order valence-electron chi connectivity index (χ4n) is 2.83. The van der Waals surface area contributed by atoms with E-state index in [2.05, 4.69) is 9.88 Å². The summed E-state index contributed by atoms with van der Waals surface area (Å²) >= 11 is 0. The number of amides is 1. The zero-order valence-electron chi connectivity index (χ0n) is 13.0. The van der Waals surface area contributed by atoms with Crippen LogP contribution in [0.5, 0.6) is 0 Å². The van der Waals surface area contributed by atoms with Crippen LogP contribution in [-0.4, -0.2) is 58.5 Å². The van der Waals surface area contributed by atoms with Gasteiger partial charge in [0.05, 0.1) is 11.7 Å². The molecule has 5 nitrogen and oxygen atoms in total. The summed E-state index contributed by atoms with van der Waals surface area (Å²) in [7, 11) is 0. The molecule has 0 bridgehead atoms. The minimum atomic E-state index is -0.489. The van der Waals surface area contributed by atoms with Gasteiger partial charge in [-0.05, 0) is 17.7 Å². The number of aliphatic hydroxyl groups is 1. The predicted molar refractivity (Wildman–Crippen MR) is 88.0 cm³/mol. The molecule has 23 heavy (non-hydrogen) atoms. The highest BCUT2D eigenvalue weighted by molar-refractivity contribution is 5.93. The Morgan fingerprint density at radius 3 is 2.48 bits per heavy atom. The highest BCUT2D eigenvalue weighted by Gasteiger charge is 2.23. The molecule has 3 rings (SSSR count). The third-order valence-corrected chi connectivity index (χ3v) is 4.18. The lowest BCUT2D eigenvalue weighted by molar-refractivity contribution is 0.0527. The second-order valence-corrected chi connectivity index (χ2v) is 5.76. The minimum absolute atomic E-state index is 0.0290. The van der Waals surface area contributed by atoms with E-state index in [1.54, 1.807) is 24.5 Å². The molecule has 1 aliphatic rings. The number of pyridine rings is 1. The lowest BCUT2D eigenvalue weighted by atomic mass is 10.1. The summed E-state index contributed by atoms with van der Waals surface area (Å²) in [5, 5.41) is 10.3. The molecule has 0 aliphatic carbocycles. The maximum absolute atomic E-state index is 12.4. The number of carbonyl (C=O) groups is 1. The number of rotatable bonds is 4. The van der Waals surface area contributed by atoms with Crippen molar-refractivity contribution >= 4 is 5.91 Å². The van der Waals surface area contributed by atoms with E-state index in [1.807, 2.05) is 35.2 Å². The minimum Gasteiger partial charge on any atom is -0.387 e. The van der Waals surface area contributed by atoms with Gasteiger partial charge in [0.15, 0.2) is 0 Å². The maximum Gasteiger partial charge on any atom is 0.255 e. The Bertz CT molecular complexity index is 625. The van der Waals surface area contributed by atoms with E-state index in [-0.39, 0.29) is 5.91 Å². The molecule has 0 spiro atoms. The number of aliphatic hydroxyl groups excluding tert-OH is 1. The lowest BCUT2D eigenvalue weighted by Crippen LogP contribution is -2.49. The first-order chi connectivity index (χ1) is 11.2. The van der Waals surface area contributed by atoms with Crippen molar-refractivity contribution in [3.8, 4) is 0 Å². The molecule has 0 unspecified atom stereocenters. The molecule has 1 atom stereocenters. The summed E-state index contributed by atoms with van der Waals surface area (Å²) in [5.41, 5.74) is 1.56. The van der Waals surface area contributed by atoms with Gasteiger partial charge < -0.3 is 10.0 Å². The Hall–Kier alpha value is -2.24. The molecule has 0 saturated carbocycles. The largest absolute Gasteiger partial charge is 0.387 e. The Labute approximate surface area is 136 Å². The molecular weight excluding hydrogens is 290 g/mol. The van der Waals surface area contributed by atoms with Crippen molar-refractivity contribution in [2.45, 2.75) is 6.10 Å². The van der Waals surface area contributed by atoms with Crippen molar-refractivity contribution in [2.24, 2.45) is 0 Å². The van der Waals surface area contributed by atoms with Crippen molar-refractivity contribution in [3.05, 3.63) is 66.0 Å². The van der Waals surface area contributed by atoms with E-state index in [0.29, 0.717) is 25.2 Å². The monoisotopic (exact) mass is 311 g/mol. The van der Waals surface area contributed by atoms with Crippen LogP contribution in [0.3, 0.4) is 0 Å². The number of piperazine rings is 1. The average molecular weight is 311 g/mol. The number of benzene rings is 1. The Balaban J connectivity index is 1.52. The summed E-state index contributed by atoms with van der Waals surface area (Å²) < 4.78 is 0. The highest BCUT2D eigenvalue weighted by Crippen LogP contribution is 2.15. The van der Waals surface area contributed by atoms with Crippen LogP contribution in [0.2, 0.25) is 0 Å². The second kappa shape index (κ2) is 7.35. The van der Waals surface area contributed by atoms with Crippen LogP contribution in [0.15, 0.2) is 54.9 Å². The average Bonchev–Trinajstić information content (AvgIpc) is 2.63. The normalized spacial score (nSPS) is 17.0. The van der Waals surface area contributed by atoms with Gasteiger partial charge in [0.25, 0.3) is 5.91 Å². The number of hydrogen-bond donors (Lipinski definition) is 1. The molecule has 0 radical (unpaired) electrons. The summed E-state index contributed by atoms with van der Waals surface area (Å²) in [6.45, 7) is 3.50. The molecule has 2 aromatic rings. The predicted octanol–water partition coefficient (Wildman–Crippen LogP) is 1.57. The van der Waals surface area contributed by atoms with Crippen LogP contribution in [0.25, 0.3) is 0 Å². The fraction of sp³-hybridized carbons (Fsp3) is 0.333. The van der Waals surface area contributed by atoms with Gasteiger partial charge in [-0.3, -0.25) is 14.7 Å². The second-order valence-electron chi connectivity index (χ2n) is 5.76. The maximum atomic E-state index is 12.4. The SMILES string of the molecule is O=C(c1cccnc1)N1CCN(C[C@@H](O)c2ccccc2)CC1. The number of hydrogen-bond acceptors (Lipinski definition) is 4. The molecule has 1 amide bonds. The Kier molecular flexibility index (Phi) is 5.00. The smallest absolute Gasteiger partial charge is 0.255 e. The molecule has 120 valence electrons. The van der Waals surface area contributed by atoms with Crippen molar-refractivity contribution in [3.63, 3.8) is 0 Å². The number of β-amino-alcohol motifs (C(OH)–C–C–N with tert-alkyl or cyclic N) is 1. The number of nitrogens with zero attached hydrogens (tertiary/aromatic N) is 3. The van der Waals surface area contributed by atoms with Gasteiger partial charge in [-0.15, -0.1) is 0 Å². The van der Waals surface area contributed by atoms with Crippen LogP contribution < -0.4 is 0 Å². The van der Waals surface area contributed by atoms with E-state index in [9.17, 15) is 9.90 Å². The van der Waals surface area contributed by atoms with Gasteiger partial charge in [0.1, 0.15) is 0 Å². The molecule has 1 aromatic heterocycles. The van der Waals surface area contributed by atoms with Crippen molar-refractivity contribution in [1.82, 2.24) is 14.8 Å². The quantitative estimate of drug-likeness (QED) is 0.931. The van der Waals surface area contributed by atoms with Crippen LogP contribution >= 0.6 is 0 Å². The molecule has 1 fully saturated rings. The molecular formula is C18H21N3O2. The zero-order valence-corrected chi connectivity index (χ0v) is 13.0. The standard InChI is InChI=1S/C18H21N3O2/c22-17(15-5-2-1-3-6-15)14-20-9-11-21(12-10-20)18(23)16-7-4-8-19-13-16/h1-8,13,17,22H,9-12,14H2/t17-/m1/s1. The molecule has 1 aliphatic heterocycles. The van der Waals surface area contributed by atoms with E-state index in [4.69, 9.17) is 0 Å². The van der Waals surface area contributed by atoms with Crippen molar-refractivity contribution < 1.29 is 9.90 Å². The van der Waals surface area contributed by atoms with Crippen LogP contribution in [0.4, 0.5) is 0 Å². The Morgan fingerprint density at radius 1 is 1.09 bits per heavy atom. The van der Waals surface area contributed by atoms with E-state index >= 15 is 0 Å². The summed E-state index contributed by atoms with van der Waals surface area (Å²) in [6.07, 6.45) is 2.78. The fourth-order valence-corrected chi connectivity index (χ4v) is 2.83. The Morgan fingerprint density at radius 2 is 1.83 bits per heavy atom. The van der Waals surface area contributed by atoms with Crippen molar-refractivity contribution in [1.29, 1.82) is 0 Å². The third kappa shape index (κ3) is 3.94. The summed E-state index contributed by atoms with van der Waals surface area (Å²) in [5.74, 6) is 0.0290. The van der Waals surface area contributed by atoms with E-state index in [1.165, 1.54) is 0 Å². The first-order valence-electron chi connectivity index (χ1n) is 7.89. The highest BCUT2D eigenvalue weighted by atomic mass is 16.3. The molecule has 1 N–H and O–H groups in total. The summed E-state index contributed by atoms with van der Waals surface area (Å²) in [6, 6.07) is 13.3. The van der Waals surface area contributed by atoms with Gasteiger partial charge in [0.2, 0.25) is 0 Å². The van der Waals surface area contributed by atoms with Crippen LogP contribution in [-0.2, 0) is 0 Å². The van der Waals surface area contributed by atoms with Gasteiger partial charge >= 0.3 is 0 Å². The molecule has 5 heteroatoms. The van der Waals surface area contributed by atoms with Gasteiger partial charge in [0, 0.05) is 45.1 Å². The molecule has 1 aromatic carbocycles. The van der Waals surface area contributed by atoms with E-state index < -0.39 is 6.10 Å². The molecule has 1 saturated heterocycles. The first kappa shape index (κ1) is 15.6. The van der Waals surface area contributed by atoms with Gasteiger partial charge in [-0.25, -0.2) is 0 Å².